The zero-order chi connectivity index (χ0) is 12.0. The SMILES string of the molecule is COc1cc(Cl)nc(NC(=O)CCCN)n1. The van der Waals surface area contributed by atoms with Gasteiger partial charge in [0.05, 0.1) is 7.11 Å². The van der Waals surface area contributed by atoms with E-state index in [-0.39, 0.29) is 17.0 Å². The largest absolute Gasteiger partial charge is 0.481 e. The summed E-state index contributed by atoms with van der Waals surface area (Å²) in [6.07, 6.45) is 0.943. The maximum absolute atomic E-state index is 11.4. The monoisotopic (exact) mass is 244 g/mol. The van der Waals surface area contributed by atoms with E-state index >= 15 is 0 Å². The molecule has 1 rings (SSSR count). The van der Waals surface area contributed by atoms with E-state index < -0.39 is 0 Å². The molecule has 1 heterocycles. The van der Waals surface area contributed by atoms with Crippen LogP contribution in [0, 0.1) is 0 Å². The summed E-state index contributed by atoms with van der Waals surface area (Å²) in [7, 11) is 1.46. The third-order valence-corrected chi connectivity index (χ3v) is 1.93. The van der Waals surface area contributed by atoms with Crippen LogP contribution in [-0.4, -0.2) is 29.5 Å². The Bertz CT molecular complexity index is 373. The van der Waals surface area contributed by atoms with Crippen molar-refractivity contribution < 1.29 is 9.53 Å². The van der Waals surface area contributed by atoms with Crippen molar-refractivity contribution in [2.24, 2.45) is 5.73 Å². The Morgan fingerprint density at radius 2 is 2.38 bits per heavy atom. The zero-order valence-electron chi connectivity index (χ0n) is 8.86. The van der Waals surface area contributed by atoms with Gasteiger partial charge in [-0.05, 0) is 13.0 Å². The molecule has 16 heavy (non-hydrogen) atoms. The number of anilines is 1. The van der Waals surface area contributed by atoms with Crippen molar-refractivity contribution in [3.05, 3.63) is 11.2 Å². The van der Waals surface area contributed by atoms with Gasteiger partial charge in [0.15, 0.2) is 0 Å². The maximum Gasteiger partial charge on any atom is 0.234 e. The van der Waals surface area contributed by atoms with E-state index in [4.69, 9.17) is 22.1 Å². The number of aromatic nitrogens is 2. The number of nitrogens with zero attached hydrogens (tertiary/aromatic N) is 2. The first-order chi connectivity index (χ1) is 7.65. The van der Waals surface area contributed by atoms with Gasteiger partial charge in [0.1, 0.15) is 5.15 Å². The first kappa shape index (κ1) is 12.7. The first-order valence-electron chi connectivity index (χ1n) is 4.74. The number of carbonyl (C=O) groups excluding carboxylic acids is 1. The predicted octanol–water partition coefficient (Wildman–Crippen LogP) is 0.816. The summed E-state index contributed by atoms with van der Waals surface area (Å²) in [5.74, 6) is 0.232. The highest BCUT2D eigenvalue weighted by molar-refractivity contribution is 6.29. The van der Waals surface area contributed by atoms with Crippen LogP contribution < -0.4 is 15.8 Å². The minimum atomic E-state index is -0.199. The van der Waals surface area contributed by atoms with Crippen LogP contribution in [-0.2, 0) is 4.79 Å². The Morgan fingerprint density at radius 1 is 1.62 bits per heavy atom. The fraction of sp³-hybridized carbons (Fsp3) is 0.444. The lowest BCUT2D eigenvalue weighted by Crippen LogP contribution is -2.15. The van der Waals surface area contributed by atoms with Crippen LogP contribution >= 0.6 is 11.6 Å². The summed E-state index contributed by atoms with van der Waals surface area (Å²) in [5, 5.41) is 2.72. The van der Waals surface area contributed by atoms with Crippen molar-refractivity contribution in [3.63, 3.8) is 0 Å². The molecule has 0 unspecified atom stereocenters. The summed E-state index contributed by atoms with van der Waals surface area (Å²) in [6, 6.07) is 1.46. The van der Waals surface area contributed by atoms with Gasteiger partial charge in [-0.2, -0.15) is 4.98 Å². The number of nitrogens with one attached hydrogen (secondary N) is 1. The number of hydrogen-bond acceptors (Lipinski definition) is 5. The molecule has 6 nitrogen and oxygen atoms in total. The van der Waals surface area contributed by atoms with Crippen LogP contribution in [0.2, 0.25) is 5.15 Å². The van der Waals surface area contributed by atoms with Crippen molar-refractivity contribution in [3.8, 4) is 5.88 Å². The zero-order valence-corrected chi connectivity index (χ0v) is 9.62. The van der Waals surface area contributed by atoms with E-state index in [1.54, 1.807) is 0 Å². The standard InChI is InChI=1S/C9H13ClN4O2/c1-16-8-5-6(10)12-9(14-8)13-7(15)3-2-4-11/h5H,2-4,11H2,1H3,(H,12,13,14,15). The molecular formula is C9H13ClN4O2. The fourth-order valence-electron chi connectivity index (χ4n) is 1.01. The number of ether oxygens (including phenoxy) is 1. The highest BCUT2D eigenvalue weighted by atomic mass is 35.5. The van der Waals surface area contributed by atoms with Gasteiger partial charge in [-0.1, -0.05) is 11.6 Å². The number of methoxy groups -OCH3 is 1. The molecule has 0 spiro atoms. The third kappa shape index (κ3) is 4.00. The van der Waals surface area contributed by atoms with Gasteiger partial charge in [-0.15, -0.1) is 0 Å². The molecule has 0 aliphatic rings. The smallest absolute Gasteiger partial charge is 0.234 e. The highest BCUT2D eigenvalue weighted by Gasteiger charge is 2.07. The van der Waals surface area contributed by atoms with E-state index in [0.29, 0.717) is 25.3 Å². The van der Waals surface area contributed by atoms with Gasteiger partial charge in [-0.25, -0.2) is 4.98 Å². The molecule has 1 aromatic heterocycles. The number of halogens is 1. The Morgan fingerprint density at radius 3 is 3.00 bits per heavy atom. The van der Waals surface area contributed by atoms with E-state index in [1.807, 2.05) is 0 Å². The average molecular weight is 245 g/mol. The number of carbonyl (C=O) groups is 1. The highest BCUT2D eigenvalue weighted by Crippen LogP contribution is 2.15. The number of rotatable bonds is 5. The lowest BCUT2D eigenvalue weighted by molar-refractivity contribution is -0.116. The van der Waals surface area contributed by atoms with E-state index in [0.717, 1.165) is 0 Å². The van der Waals surface area contributed by atoms with Crippen molar-refractivity contribution in [2.75, 3.05) is 19.0 Å². The molecule has 0 fully saturated rings. The topological polar surface area (TPSA) is 90.1 Å². The van der Waals surface area contributed by atoms with Gasteiger partial charge in [0, 0.05) is 12.5 Å². The first-order valence-corrected chi connectivity index (χ1v) is 5.12. The molecule has 3 N–H and O–H groups in total. The quantitative estimate of drug-likeness (QED) is 0.749. The predicted molar refractivity (Wildman–Crippen MR) is 60.5 cm³/mol. The van der Waals surface area contributed by atoms with Gasteiger partial charge < -0.3 is 10.5 Å². The second-order valence-corrected chi connectivity index (χ2v) is 3.38. The summed E-state index contributed by atoms with van der Waals surface area (Å²) < 4.78 is 4.89. The minimum Gasteiger partial charge on any atom is -0.481 e. The Kier molecular flexibility index (Phi) is 4.94. The summed E-state index contributed by atoms with van der Waals surface area (Å²) in [4.78, 5) is 19.1. The summed E-state index contributed by atoms with van der Waals surface area (Å²) in [6.45, 7) is 0.465. The minimum absolute atomic E-state index is 0.131. The van der Waals surface area contributed by atoms with E-state index in [1.165, 1.54) is 13.2 Å². The maximum atomic E-state index is 11.4. The molecule has 88 valence electrons. The van der Waals surface area contributed by atoms with Crippen LogP contribution in [0.4, 0.5) is 5.95 Å². The van der Waals surface area contributed by atoms with Crippen LogP contribution in [0.1, 0.15) is 12.8 Å². The molecule has 0 saturated carbocycles. The normalized spacial score (nSPS) is 9.94. The second-order valence-electron chi connectivity index (χ2n) is 3.00. The summed E-state index contributed by atoms with van der Waals surface area (Å²) in [5.41, 5.74) is 5.29. The number of nitrogens with two attached hydrogens (primary N) is 1. The van der Waals surface area contributed by atoms with Crippen molar-refractivity contribution in [1.29, 1.82) is 0 Å². The molecule has 0 bridgehead atoms. The Hall–Kier alpha value is -1.40. The third-order valence-electron chi connectivity index (χ3n) is 1.74. The van der Waals surface area contributed by atoms with E-state index in [2.05, 4.69) is 15.3 Å². The average Bonchev–Trinajstić information content (AvgIpc) is 2.25. The lowest BCUT2D eigenvalue weighted by atomic mass is 10.3. The molecule has 0 aliphatic heterocycles. The molecule has 1 aromatic rings. The Balaban J connectivity index is 2.65. The van der Waals surface area contributed by atoms with Crippen LogP contribution in [0.25, 0.3) is 0 Å². The van der Waals surface area contributed by atoms with Gasteiger partial charge in [0.25, 0.3) is 0 Å². The number of hydrogen-bond donors (Lipinski definition) is 2. The molecule has 0 aromatic carbocycles. The fourth-order valence-corrected chi connectivity index (χ4v) is 1.18. The molecular weight excluding hydrogens is 232 g/mol. The number of amides is 1. The molecule has 1 amide bonds. The van der Waals surface area contributed by atoms with Crippen molar-refractivity contribution in [2.45, 2.75) is 12.8 Å². The molecule has 7 heteroatoms. The molecule has 0 radical (unpaired) electrons. The van der Waals surface area contributed by atoms with Crippen molar-refractivity contribution >= 4 is 23.5 Å². The molecule has 0 atom stereocenters. The lowest BCUT2D eigenvalue weighted by Gasteiger charge is -2.05. The molecule has 0 aliphatic carbocycles. The van der Waals surface area contributed by atoms with Crippen LogP contribution in [0.3, 0.4) is 0 Å². The van der Waals surface area contributed by atoms with Crippen molar-refractivity contribution in [1.82, 2.24) is 9.97 Å². The van der Waals surface area contributed by atoms with Crippen LogP contribution in [0.15, 0.2) is 6.07 Å². The van der Waals surface area contributed by atoms with Crippen LogP contribution in [0.5, 0.6) is 5.88 Å². The van der Waals surface area contributed by atoms with Gasteiger partial charge in [0.2, 0.25) is 17.7 Å². The van der Waals surface area contributed by atoms with E-state index in [9.17, 15) is 4.79 Å². The van der Waals surface area contributed by atoms with Gasteiger partial charge in [-0.3, -0.25) is 10.1 Å². The summed E-state index contributed by atoms with van der Waals surface area (Å²) >= 11 is 5.71. The Labute approximate surface area is 98.2 Å². The molecule has 0 saturated heterocycles. The second kappa shape index (κ2) is 6.24. The van der Waals surface area contributed by atoms with Gasteiger partial charge >= 0.3 is 0 Å².